The van der Waals surface area contributed by atoms with Crippen molar-refractivity contribution in [3.63, 3.8) is 0 Å². The monoisotopic (exact) mass is 194 g/mol. The Labute approximate surface area is 84.7 Å². The summed E-state index contributed by atoms with van der Waals surface area (Å²) in [4.78, 5) is 2.45. The molecule has 2 rings (SSSR count). The Kier molecular flexibility index (Phi) is 2.56. The molecule has 0 saturated carbocycles. The maximum absolute atomic E-state index is 5.67. The molecule has 2 heterocycles. The van der Waals surface area contributed by atoms with Crippen LogP contribution in [0.3, 0.4) is 0 Å². The molecule has 0 saturated heterocycles. The third-order valence-corrected chi connectivity index (χ3v) is 2.94. The summed E-state index contributed by atoms with van der Waals surface area (Å²) in [5, 5.41) is 4.33. The SMILES string of the molecule is CC(C)N1CCn2ncc(CN)c2C1. The quantitative estimate of drug-likeness (QED) is 0.748. The second-order valence-corrected chi connectivity index (χ2v) is 4.11. The van der Waals surface area contributed by atoms with Crippen LogP contribution in [-0.2, 0) is 19.6 Å². The highest BCUT2D eigenvalue weighted by atomic mass is 15.3. The van der Waals surface area contributed by atoms with Crippen molar-refractivity contribution in [2.24, 2.45) is 5.73 Å². The second-order valence-electron chi connectivity index (χ2n) is 4.11. The fraction of sp³-hybridized carbons (Fsp3) is 0.700. The van der Waals surface area contributed by atoms with Gasteiger partial charge in [0.2, 0.25) is 0 Å². The smallest absolute Gasteiger partial charge is 0.0569 e. The predicted molar refractivity (Wildman–Crippen MR) is 55.7 cm³/mol. The number of fused-ring (bicyclic) bond motifs is 1. The van der Waals surface area contributed by atoms with Gasteiger partial charge in [0, 0.05) is 31.2 Å². The normalized spacial score (nSPS) is 17.4. The van der Waals surface area contributed by atoms with E-state index in [0.29, 0.717) is 12.6 Å². The molecule has 14 heavy (non-hydrogen) atoms. The van der Waals surface area contributed by atoms with E-state index < -0.39 is 0 Å². The fourth-order valence-electron chi connectivity index (χ4n) is 1.93. The number of nitrogens with zero attached hydrogens (tertiary/aromatic N) is 3. The molecule has 4 nitrogen and oxygen atoms in total. The molecule has 0 bridgehead atoms. The van der Waals surface area contributed by atoms with Crippen LogP contribution in [-0.4, -0.2) is 27.3 Å². The van der Waals surface area contributed by atoms with Crippen LogP contribution in [0.4, 0.5) is 0 Å². The summed E-state index contributed by atoms with van der Waals surface area (Å²) < 4.78 is 2.08. The summed E-state index contributed by atoms with van der Waals surface area (Å²) in [5.74, 6) is 0. The molecule has 1 aromatic heterocycles. The molecule has 0 aromatic carbocycles. The van der Waals surface area contributed by atoms with Crippen molar-refractivity contribution in [3.8, 4) is 0 Å². The van der Waals surface area contributed by atoms with Crippen molar-refractivity contribution < 1.29 is 0 Å². The predicted octanol–water partition coefficient (Wildman–Crippen LogP) is 0.566. The first-order valence-electron chi connectivity index (χ1n) is 5.20. The Morgan fingerprint density at radius 2 is 2.29 bits per heavy atom. The number of aromatic nitrogens is 2. The van der Waals surface area contributed by atoms with Crippen molar-refractivity contribution >= 4 is 0 Å². The summed E-state index contributed by atoms with van der Waals surface area (Å²) in [6.07, 6.45) is 1.90. The van der Waals surface area contributed by atoms with Gasteiger partial charge in [-0.05, 0) is 13.8 Å². The zero-order chi connectivity index (χ0) is 10.1. The van der Waals surface area contributed by atoms with Crippen LogP contribution < -0.4 is 5.73 Å². The lowest BCUT2D eigenvalue weighted by molar-refractivity contribution is 0.170. The first-order chi connectivity index (χ1) is 6.72. The van der Waals surface area contributed by atoms with E-state index in [0.717, 1.165) is 19.6 Å². The van der Waals surface area contributed by atoms with Crippen LogP contribution in [0.15, 0.2) is 6.20 Å². The summed E-state index contributed by atoms with van der Waals surface area (Å²) >= 11 is 0. The van der Waals surface area contributed by atoms with Crippen molar-refractivity contribution in [2.75, 3.05) is 6.54 Å². The van der Waals surface area contributed by atoms with Crippen LogP contribution in [0, 0.1) is 0 Å². The lowest BCUT2D eigenvalue weighted by Gasteiger charge is -2.31. The standard InChI is InChI=1S/C10H18N4/c1-8(2)13-3-4-14-10(7-13)9(5-11)6-12-14/h6,8H,3-5,7,11H2,1-2H3. The molecular formula is C10H18N4. The van der Waals surface area contributed by atoms with Gasteiger partial charge in [0.05, 0.1) is 18.4 Å². The fourth-order valence-corrected chi connectivity index (χ4v) is 1.93. The molecule has 0 spiro atoms. The third kappa shape index (κ3) is 1.55. The highest BCUT2D eigenvalue weighted by Crippen LogP contribution is 2.17. The average Bonchev–Trinajstić information content (AvgIpc) is 2.59. The van der Waals surface area contributed by atoms with Crippen LogP contribution in [0.1, 0.15) is 25.1 Å². The Bertz CT molecular complexity index is 302. The zero-order valence-electron chi connectivity index (χ0n) is 8.90. The highest BCUT2D eigenvalue weighted by Gasteiger charge is 2.20. The summed E-state index contributed by atoms with van der Waals surface area (Å²) in [7, 11) is 0. The van der Waals surface area contributed by atoms with Gasteiger partial charge in [0.25, 0.3) is 0 Å². The Hall–Kier alpha value is -0.870. The number of nitrogens with two attached hydrogens (primary N) is 1. The molecule has 4 heteroatoms. The average molecular weight is 194 g/mol. The molecule has 0 atom stereocenters. The summed E-state index contributed by atoms with van der Waals surface area (Å²) in [6.45, 7) is 8.14. The molecule has 1 aliphatic heterocycles. The van der Waals surface area contributed by atoms with Crippen LogP contribution in [0.25, 0.3) is 0 Å². The Balaban J connectivity index is 2.23. The largest absolute Gasteiger partial charge is 0.326 e. The van der Waals surface area contributed by atoms with Gasteiger partial charge in [-0.15, -0.1) is 0 Å². The topological polar surface area (TPSA) is 47.1 Å². The van der Waals surface area contributed by atoms with Gasteiger partial charge in [-0.25, -0.2) is 0 Å². The number of hydrogen-bond donors (Lipinski definition) is 1. The van der Waals surface area contributed by atoms with E-state index in [1.165, 1.54) is 11.3 Å². The molecule has 0 unspecified atom stereocenters. The lowest BCUT2D eigenvalue weighted by atomic mass is 10.2. The van der Waals surface area contributed by atoms with Gasteiger partial charge in [-0.3, -0.25) is 9.58 Å². The maximum atomic E-state index is 5.67. The van der Waals surface area contributed by atoms with E-state index in [9.17, 15) is 0 Å². The molecule has 0 fully saturated rings. The summed E-state index contributed by atoms with van der Waals surface area (Å²) in [5.41, 5.74) is 8.16. The minimum Gasteiger partial charge on any atom is -0.326 e. The molecule has 1 aliphatic rings. The second kappa shape index (κ2) is 3.71. The van der Waals surface area contributed by atoms with E-state index >= 15 is 0 Å². The van der Waals surface area contributed by atoms with Crippen molar-refractivity contribution in [2.45, 2.75) is 39.5 Å². The molecular weight excluding hydrogens is 176 g/mol. The van der Waals surface area contributed by atoms with Gasteiger partial charge >= 0.3 is 0 Å². The Morgan fingerprint density at radius 1 is 1.50 bits per heavy atom. The third-order valence-electron chi connectivity index (χ3n) is 2.94. The van der Waals surface area contributed by atoms with Crippen LogP contribution in [0.5, 0.6) is 0 Å². The lowest BCUT2D eigenvalue weighted by Crippen LogP contribution is -2.38. The van der Waals surface area contributed by atoms with E-state index in [-0.39, 0.29) is 0 Å². The summed E-state index contributed by atoms with van der Waals surface area (Å²) in [6, 6.07) is 0.601. The maximum Gasteiger partial charge on any atom is 0.0569 e. The van der Waals surface area contributed by atoms with Gasteiger partial charge in [0.1, 0.15) is 0 Å². The van der Waals surface area contributed by atoms with Gasteiger partial charge in [-0.2, -0.15) is 5.10 Å². The zero-order valence-corrected chi connectivity index (χ0v) is 8.90. The molecule has 2 N–H and O–H groups in total. The van der Waals surface area contributed by atoms with Crippen molar-refractivity contribution in [1.29, 1.82) is 0 Å². The first kappa shape index (κ1) is 9.68. The van der Waals surface area contributed by atoms with Crippen LogP contribution >= 0.6 is 0 Å². The molecule has 0 aliphatic carbocycles. The molecule has 78 valence electrons. The van der Waals surface area contributed by atoms with E-state index in [1.54, 1.807) is 0 Å². The Morgan fingerprint density at radius 3 is 2.93 bits per heavy atom. The van der Waals surface area contributed by atoms with E-state index in [2.05, 4.69) is 28.5 Å². The molecule has 0 radical (unpaired) electrons. The van der Waals surface area contributed by atoms with Crippen molar-refractivity contribution in [1.82, 2.24) is 14.7 Å². The minimum atomic E-state index is 0.598. The first-order valence-corrected chi connectivity index (χ1v) is 5.20. The number of rotatable bonds is 2. The van der Waals surface area contributed by atoms with Gasteiger partial charge < -0.3 is 5.73 Å². The van der Waals surface area contributed by atoms with Crippen molar-refractivity contribution in [3.05, 3.63) is 17.5 Å². The van der Waals surface area contributed by atoms with Gasteiger partial charge in [-0.1, -0.05) is 0 Å². The van der Waals surface area contributed by atoms with Gasteiger partial charge in [0.15, 0.2) is 0 Å². The molecule has 0 amide bonds. The van der Waals surface area contributed by atoms with Crippen LogP contribution in [0.2, 0.25) is 0 Å². The van der Waals surface area contributed by atoms with E-state index in [1.807, 2.05) is 6.20 Å². The minimum absolute atomic E-state index is 0.598. The van der Waals surface area contributed by atoms with E-state index in [4.69, 9.17) is 5.73 Å². The molecule has 1 aromatic rings. The number of hydrogen-bond acceptors (Lipinski definition) is 3. The highest BCUT2D eigenvalue weighted by molar-refractivity contribution is 5.18.